The summed E-state index contributed by atoms with van der Waals surface area (Å²) >= 11 is 1.48. The summed E-state index contributed by atoms with van der Waals surface area (Å²) in [7, 11) is -1.23. The molecule has 3 heterocycles. The molecule has 0 bridgehead atoms. The summed E-state index contributed by atoms with van der Waals surface area (Å²) in [6.45, 7) is 4.71. The average molecular weight is 1070 g/mol. The van der Waals surface area contributed by atoms with E-state index >= 15 is 4.39 Å². The van der Waals surface area contributed by atoms with Gasteiger partial charge in [-0.15, -0.1) is 54.1 Å². The normalized spacial score (nSPS) is 14.4. The number of aryl methyl sites for hydroxylation is 2. The van der Waals surface area contributed by atoms with E-state index in [0.29, 0.717) is 28.0 Å². The molecule has 0 N–H and O–H groups in total. The number of halogens is 1. The van der Waals surface area contributed by atoms with Crippen molar-refractivity contribution >= 4 is 55.8 Å². The number of nitrogens with zero attached hydrogens (tertiary/aromatic N) is 3. The molecule has 10 rings (SSSR count). The van der Waals surface area contributed by atoms with E-state index in [4.69, 9.17) is 17.3 Å². The average Bonchev–Trinajstić information content (AvgIpc) is 3.90. The van der Waals surface area contributed by atoms with Crippen LogP contribution in [0.4, 0.5) is 4.39 Å². The minimum atomic E-state index is -2.97. The maximum Gasteiger partial charge on any atom is 0.125 e. The molecule has 0 amide bonds. The molecule has 0 aliphatic heterocycles. The van der Waals surface area contributed by atoms with Gasteiger partial charge in [0, 0.05) is 48.9 Å². The quantitative estimate of drug-likeness (QED) is 0.123. The zero-order valence-electron chi connectivity index (χ0n) is 45.9. The Bertz CT molecular complexity index is 3630. The molecule has 3 nitrogen and oxygen atoms in total. The fraction of sp³-hybridized carbons (Fsp3) is 0.172. The summed E-state index contributed by atoms with van der Waals surface area (Å²) < 4.78 is 92.2. The molecule has 7 aromatic carbocycles. The van der Waals surface area contributed by atoms with Crippen LogP contribution < -0.4 is 5.19 Å². The van der Waals surface area contributed by atoms with Crippen molar-refractivity contribution in [2.45, 2.75) is 66.4 Å². The van der Waals surface area contributed by atoms with Gasteiger partial charge in [-0.3, -0.25) is 4.98 Å². The first-order chi connectivity index (χ1) is 34.3. The van der Waals surface area contributed by atoms with Crippen LogP contribution in [-0.4, -0.2) is 22.6 Å². The number of aromatic nitrogens is 3. The van der Waals surface area contributed by atoms with E-state index in [0.717, 1.165) is 53.8 Å². The molecule has 1 radical (unpaired) electrons. The van der Waals surface area contributed by atoms with Gasteiger partial charge in [0.1, 0.15) is 5.82 Å². The predicted molar refractivity (Wildman–Crippen MR) is 273 cm³/mol. The number of thiophene rings is 1. The number of imidazole rings is 1. The second-order valence-corrected chi connectivity index (χ2v) is 24.2. The van der Waals surface area contributed by atoms with Gasteiger partial charge in [0.15, 0.2) is 0 Å². The molecule has 0 aliphatic rings. The van der Waals surface area contributed by atoms with Gasteiger partial charge in [-0.2, -0.15) is 11.3 Å². The number of para-hydroxylation sites is 1. The number of rotatable bonds is 6. The zero-order chi connectivity index (χ0) is 52.4. The molecule has 0 aliphatic carbocycles. The van der Waals surface area contributed by atoms with Gasteiger partial charge in [0.05, 0.1) is 30.6 Å². The maximum absolute atomic E-state index is 15.2. The molecular formula is C58H52FIrN3SSi-2. The van der Waals surface area contributed by atoms with Gasteiger partial charge in [0.25, 0.3) is 0 Å². The van der Waals surface area contributed by atoms with Crippen molar-refractivity contribution in [3.8, 4) is 50.6 Å². The van der Waals surface area contributed by atoms with Crippen LogP contribution in [-0.2, 0) is 25.5 Å². The van der Waals surface area contributed by atoms with Crippen LogP contribution in [0.15, 0.2) is 152 Å². The first-order valence-electron chi connectivity index (χ1n) is 25.7. The van der Waals surface area contributed by atoms with Crippen LogP contribution in [0, 0.1) is 38.5 Å². The summed E-state index contributed by atoms with van der Waals surface area (Å²) in [6.07, 6.45) is 2.02. The van der Waals surface area contributed by atoms with E-state index in [9.17, 15) is 0 Å². The largest absolute Gasteiger partial charge is 0.332 e. The monoisotopic (exact) mass is 1070 g/mol. The number of fused-ring (bicyclic) bond motifs is 4. The molecule has 0 atom stereocenters. The second kappa shape index (κ2) is 18.2. The number of hydrogen-bond acceptors (Lipinski definition) is 3. The Morgan fingerprint density at radius 2 is 1.49 bits per heavy atom. The third-order valence-corrected chi connectivity index (χ3v) is 14.7. The van der Waals surface area contributed by atoms with E-state index in [2.05, 4.69) is 93.9 Å². The van der Waals surface area contributed by atoms with Crippen LogP contribution in [0.2, 0.25) is 19.6 Å². The fourth-order valence-corrected chi connectivity index (χ4v) is 10.4. The Hall–Kier alpha value is -5.82. The Morgan fingerprint density at radius 3 is 2.17 bits per heavy atom. The van der Waals surface area contributed by atoms with Gasteiger partial charge >= 0.3 is 0 Å². The Morgan fingerprint density at radius 1 is 0.708 bits per heavy atom. The van der Waals surface area contributed by atoms with Crippen molar-refractivity contribution in [2.24, 2.45) is 0 Å². The van der Waals surface area contributed by atoms with Gasteiger partial charge in [-0.25, -0.2) is 4.39 Å². The number of hydrogen-bond donors (Lipinski definition) is 0. The van der Waals surface area contributed by atoms with Crippen LogP contribution >= 0.6 is 11.3 Å². The summed E-state index contributed by atoms with van der Waals surface area (Å²) in [6, 6.07) is 51.7. The summed E-state index contributed by atoms with van der Waals surface area (Å²) in [5.74, 6) is 0.184. The fourth-order valence-electron chi connectivity index (χ4n) is 8.13. The summed E-state index contributed by atoms with van der Waals surface area (Å²) in [4.78, 5) is 9.68. The second-order valence-electron chi connectivity index (χ2n) is 18.0. The SMILES string of the molecule is C[Si](C)(C)c1ccc(-c2[c-]cccc2)nc1.[2H]C([2H])([2H])c1cc(-c2ccc3c(c2)sc2c(-c4nc5ccc(F)cc5n4-c4c(-c5ccccc5)cccc4C(C)(C)C)[c-]ccc23)cc(C([2H])([2H])[2H])c1C([2H])([2H])[2H].[Ir]. The number of pyridine rings is 1. The Kier molecular flexibility index (Phi) is 9.93. The van der Waals surface area contributed by atoms with E-state index in [-0.39, 0.29) is 31.1 Å². The Balaban J connectivity index is 0.000000365. The van der Waals surface area contributed by atoms with E-state index in [1.54, 1.807) is 12.1 Å². The van der Waals surface area contributed by atoms with Gasteiger partial charge in [0.2, 0.25) is 0 Å². The topological polar surface area (TPSA) is 30.7 Å². The van der Waals surface area contributed by atoms with E-state index < -0.39 is 51.1 Å². The van der Waals surface area contributed by atoms with Gasteiger partial charge < -0.3 is 9.55 Å². The van der Waals surface area contributed by atoms with Crippen LogP contribution in [0.25, 0.3) is 81.8 Å². The summed E-state index contributed by atoms with van der Waals surface area (Å²) in [5.41, 5.74) is 6.65. The van der Waals surface area contributed by atoms with Gasteiger partial charge in [-0.05, 0) is 110 Å². The van der Waals surface area contributed by atoms with Crippen molar-refractivity contribution in [3.63, 3.8) is 0 Å². The first kappa shape index (κ1) is 35.4. The summed E-state index contributed by atoms with van der Waals surface area (Å²) in [5, 5.41) is 3.21. The van der Waals surface area contributed by atoms with Crippen LogP contribution in [0.1, 0.15) is 55.4 Å². The standard InChI is InChI=1S/C44H36FN2S.C14H16NSi.Ir/c1-26-22-31(23-27(2)28(26)3)30-18-20-34-35-15-10-16-36(42(35)48-40(34)24-30)43-46-38-21-19-32(45)25-39(38)47(43)41-33(29-12-8-7-9-13-29)14-11-17-37(41)44(4,5)6;1-16(2,3)13-9-10-14(15-11-13)12-7-5-4-6-8-12;/h7-15,17-25H,1-6H3;4-7,9-11H,1-3H3;/q2*-1;/i1D3,2D3,3D3;;. The number of benzene rings is 7. The molecule has 327 valence electrons. The molecule has 0 fully saturated rings. The van der Waals surface area contributed by atoms with E-state index in [1.807, 2.05) is 83.6 Å². The molecule has 10 aromatic rings. The molecular weight excluding hydrogens is 1010 g/mol. The third kappa shape index (κ3) is 9.08. The maximum atomic E-state index is 15.2. The molecule has 0 saturated carbocycles. The molecule has 7 heteroatoms. The molecule has 65 heavy (non-hydrogen) atoms. The first-order valence-corrected chi connectivity index (χ1v) is 25.5. The minimum absolute atomic E-state index is 0. The third-order valence-electron chi connectivity index (χ3n) is 11.5. The van der Waals surface area contributed by atoms with Gasteiger partial charge in [-0.1, -0.05) is 136 Å². The Labute approximate surface area is 414 Å². The predicted octanol–water partition coefficient (Wildman–Crippen LogP) is 15.6. The van der Waals surface area contributed by atoms with Crippen LogP contribution in [0.3, 0.4) is 0 Å². The van der Waals surface area contributed by atoms with Crippen molar-refractivity contribution in [1.29, 1.82) is 0 Å². The molecule has 0 unspecified atom stereocenters. The van der Waals surface area contributed by atoms with E-state index in [1.165, 1.54) is 40.8 Å². The minimum Gasteiger partial charge on any atom is -0.332 e. The molecule has 0 saturated heterocycles. The van der Waals surface area contributed by atoms with Crippen molar-refractivity contribution in [2.75, 3.05) is 0 Å². The van der Waals surface area contributed by atoms with Crippen molar-refractivity contribution in [1.82, 2.24) is 14.5 Å². The zero-order valence-corrected chi connectivity index (χ0v) is 41.1. The van der Waals surface area contributed by atoms with Crippen molar-refractivity contribution in [3.05, 3.63) is 192 Å². The molecule has 0 spiro atoms. The van der Waals surface area contributed by atoms with Crippen molar-refractivity contribution < 1.29 is 36.8 Å². The smallest absolute Gasteiger partial charge is 0.125 e. The van der Waals surface area contributed by atoms with Crippen LogP contribution in [0.5, 0.6) is 0 Å². The molecule has 3 aromatic heterocycles.